The van der Waals surface area contributed by atoms with Gasteiger partial charge in [-0.25, -0.2) is 0 Å². The van der Waals surface area contributed by atoms with Gasteiger partial charge < -0.3 is 24.7 Å². The molecular weight excluding hydrogens is 657 g/mol. The number of anilines is 1. The molecule has 8 nitrogen and oxygen atoms in total. The van der Waals surface area contributed by atoms with Crippen LogP contribution in [0.15, 0.2) is 71.2 Å². The highest BCUT2D eigenvalue weighted by Crippen LogP contribution is 2.53. The Morgan fingerprint density at radius 2 is 1.59 bits per heavy atom. The van der Waals surface area contributed by atoms with Crippen molar-refractivity contribution >= 4 is 17.9 Å². The lowest BCUT2D eigenvalue weighted by Crippen LogP contribution is -2.51. The lowest BCUT2D eigenvalue weighted by molar-refractivity contribution is -0.274. The van der Waals surface area contributed by atoms with Crippen molar-refractivity contribution in [2.24, 2.45) is 5.92 Å². The van der Waals surface area contributed by atoms with Crippen molar-refractivity contribution in [3.05, 3.63) is 82.3 Å². The summed E-state index contributed by atoms with van der Waals surface area (Å²) in [5, 5.41) is 0. The van der Waals surface area contributed by atoms with Crippen molar-refractivity contribution in [3.8, 4) is 5.75 Å². The van der Waals surface area contributed by atoms with Gasteiger partial charge in [0.05, 0.1) is 19.1 Å². The molecule has 11 heteroatoms. The minimum atomic E-state index is -4.69. The van der Waals surface area contributed by atoms with E-state index in [2.05, 4.69) is 56.7 Å². The zero-order chi connectivity index (χ0) is 36.5. The van der Waals surface area contributed by atoms with Gasteiger partial charge >= 0.3 is 12.3 Å². The van der Waals surface area contributed by atoms with Crippen molar-refractivity contribution in [1.29, 1.82) is 0 Å². The number of rotatable bonds is 11. The molecule has 5 aliphatic rings. The van der Waals surface area contributed by atoms with Gasteiger partial charge in [-0.1, -0.05) is 38.5 Å². The molecule has 7 rings (SSSR count). The third-order valence-electron chi connectivity index (χ3n) is 10.5. The molecule has 51 heavy (non-hydrogen) atoms. The van der Waals surface area contributed by atoms with Crippen LogP contribution >= 0.6 is 0 Å². The summed E-state index contributed by atoms with van der Waals surface area (Å²) < 4.78 is 43.8. The van der Waals surface area contributed by atoms with Crippen molar-refractivity contribution in [2.45, 2.75) is 122 Å². The highest BCUT2D eigenvalue weighted by Gasteiger charge is 2.49. The second-order valence-corrected chi connectivity index (χ2v) is 13.6. The predicted molar refractivity (Wildman–Crippen MR) is 193 cm³/mol. The summed E-state index contributed by atoms with van der Waals surface area (Å²) in [4.78, 5) is 27.9. The summed E-state index contributed by atoms with van der Waals surface area (Å²) >= 11 is 0. The number of aldehydes is 1. The number of hydrazine groups is 1. The van der Waals surface area contributed by atoms with Crippen LogP contribution in [0.2, 0.25) is 0 Å². The molecule has 3 unspecified atom stereocenters. The fourth-order valence-electron chi connectivity index (χ4n) is 7.62. The highest BCUT2D eigenvalue weighted by molar-refractivity contribution is 5.74. The number of halogens is 3. The van der Waals surface area contributed by atoms with Crippen molar-refractivity contribution in [2.75, 3.05) is 18.6 Å². The van der Waals surface area contributed by atoms with Gasteiger partial charge in [0.25, 0.3) is 0 Å². The minimum absolute atomic E-state index is 0.142. The van der Waals surface area contributed by atoms with E-state index in [1.165, 1.54) is 98.1 Å². The molecule has 1 heterocycles. The summed E-state index contributed by atoms with van der Waals surface area (Å²) in [5.41, 5.74) is 14.4. The van der Waals surface area contributed by atoms with Gasteiger partial charge in [0, 0.05) is 42.0 Å². The molecular formula is C40H53F3N4O4. The van der Waals surface area contributed by atoms with Gasteiger partial charge in [-0.2, -0.15) is 0 Å². The van der Waals surface area contributed by atoms with Crippen LogP contribution in [0.25, 0.3) is 0 Å². The zero-order valence-electron chi connectivity index (χ0n) is 30.4. The average molecular weight is 711 g/mol. The molecule has 4 fully saturated rings. The maximum absolute atomic E-state index is 12.4. The van der Waals surface area contributed by atoms with E-state index in [0.29, 0.717) is 48.9 Å². The highest BCUT2D eigenvalue weighted by atomic mass is 19.4. The fraction of sp³-hybridized carbons (Fsp3) is 0.550. The summed E-state index contributed by atoms with van der Waals surface area (Å²) in [6, 6.07) is 15.4. The molecule has 4 aliphatic carbocycles. The lowest BCUT2D eigenvalue weighted by atomic mass is 9.81. The molecule has 0 bridgehead atoms. The standard InChI is InChI=1S/C30H42N4O2.C8H5F3O2.C2H6/c1-3-36-28(35)19-25(20-9-6-10-20)31-32-30(21-11-7-12-21)34(22-17-18-22)29-23-13-4-5-15-26(23)33(2)27-16-8-14-24(27)29;9-8(10,11)13-7-3-1-6(5-12)2-4-7;1-2/h4-5,13,15,22,24,27,29,31-32H,3,6-12,14,16-19H2,1-2H3;1-5H;1-2H3. The van der Waals surface area contributed by atoms with E-state index in [1.807, 2.05) is 20.8 Å². The number of benzene rings is 2. The number of nitrogens with zero attached hydrogens (tertiary/aromatic N) is 2. The molecule has 0 amide bonds. The van der Waals surface area contributed by atoms with Gasteiger partial charge in [-0.05, 0) is 118 Å². The first kappa shape index (κ1) is 38.1. The van der Waals surface area contributed by atoms with Crippen LogP contribution in [0.5, 0.6) is 5.75 Å². The van der Waals surface area contributed by atoms with Crippen LogP contribution < -0.4 is 20.5 Å². The Kier molecular flexibility index (Phi) is 13.0. The Morgan fingerprint density at radius 3 is 2.16 bits per heavy atom. The molecule has 0 radical (unpaired) electrons. The summed E-state index contributed by atoms with van der Waals surface area (Å²) in [6.45, 7) is 6.31. The summed E-state index contributed by atoms with van der Waals surface area (Å²) in [6.07, 6.45) is 9.57. The Morgan fingerprint density at radius 1 is 0.922 bits per heavy atom. The van der Waals surface area contributed by atoms with Crippen LogP contribution in [0.1, 0.15) is 120 Å². The monoisotopic (exact) mass is 710 g/mol. The number of alkyl halides is 3. The van der Waals surface area contributed by atoms with Crippen molar-refractivity contribution in [1.82, 2.24) is 15.8 Å². The number of esters is 1. The van der Waals surface area contributed by atoms with Gasteiger partial charge in [0.1, 0.15) is 17.9 Å². The Balaban J connectivity index is 0.000000284. The number of hydrogen-bond acceptors (Lipinski definition) is 8. The van der Waals surface area contributed by atoms with Crippen LogP contribution in [-0.2, 0) is 9.53 Å². The average Bonchev–Trinajstić information content (AvgIpc) is 3.79. The normalized spacial score (nSPS) is 21.5. The summed E-state index contributed by atoms with van der Waals surface area (Å²) in [5.74, 6) is 1.46. The molecule has 4 saturated carbocycles. The number of carbonyl (C=O) groups excluding carboxylic acids is 2. The van der Waals surface area contributed by atoms with Gasteiger partial charge in [-0.3, -0.25) is 15.0 Å². The van der Waals surface area contributed by atoms with Crippen LogP contribution in [0.3, 0.4) is 0 Å². The third-order valence-corrected chi connectivity index (χ3v) is 10.5. The first-order chi connectivity index (χ1) is 24.7. The van der Waals surface area contributed by atoms with Crippen LogP contribution in [-0.4, -0.2) is 49.3 Å². The Bertz CT molecular complexity index is 1540. The van der Waals surface area contributed by atoms with Gasteiger partial charge in [0.15, 0.2) is 0 Å². The largest absolute Gasteiger partial charge is 0.573 e. The number of allylic oxidation sites excluding steroid dienone is 2. The number of nitrogens with one attached hydrogen (secondary N) is 2. The summed E-state index contributed by atoms with van der Waals surface area (Å²) in [7, 11) is 2.30. The molecule has 2 N–H and O–H groups in total. The molecule has 3 atom stereocenters. The quantitative estimate of drug-likeness (QED) is 0.136. The van der Waals surface area contributed by atoms with Crippen LogP contribution in [0.4, 0.5) is 18.9 Å². The smallest absolute Gasteiger partial charge is 0.466 e. The molecule has 0 aromatic heterocycles. The number of carbonyl (C=O) groups is 2. The van der Waals surface area contributed by atoms with E-state index in [4.69, 9.17) is 4.74 Å². The van der Waals surface area contributed by atoms with E-state index in [9.17, 15) is 22.8 Å². The molecule has 2 aromatic rings. The van der Waals surface area contributed by atoms with E-state index in [0.717, 1.165) is 30.7 Å². The number of ether oxygens (including phenoxy) is 2. The van der Waals surface area contributed by atoms with Crippen LogP contribution in [0, 0.1) is 5.92 Å². The first-order valence-electron chi connectivity index (χ1n) is 18.7. The SMILES string of the molecule is CC.CCOC(=O)CC(NNC(=C1CCC1)N(C1CC1)C1c2ccccc2N(C)C2CCCC21)=C1CCC1.O=Cc1ccc(OC(F)(F)F)cc1. The van der Waals surface area contributed by atoms with E-state index in [-0.39, 0.29) is 11.7 Å². The maximum atomic E-state index is 12.4. The number of para-hydroxylation sites is 1. The van der Waals surface area contributed by atoms with Gasteiger partial charge in [0.2, 0.25) is 0 Å². The first-order valence-corrected chi connectivity index (χ1v) is 18.7. The number of hydrogen-bond donors (Lipinski definition) is 2. The number of fused-ring (bicyclic) bond motifs is 2. The molecule has 0 spiro atoms. The minimum Gasteiger partial charge on any atom is -0.466 e. The third kappa shape index (κ3) is 9.40. The van der Waals surface area contributed by atoms with E-state index >= 15 is 0 Å². The van der Waals surface area contributed by atoms with E-state index < -0.39 is 6.36 Å². The second kappa shape index (κ2) is 17.4. The van der Waals surface area contributed by atoms with E-state index in [1.54, 1.807) is 0 Å². The van der Waals surface area contributed by atoms with Gasteiger partial charge in [-0.15, -0.1) is 13.2 Å². The molecule has 0 saturated heterocycles. The van der Waals surface area contributed by atoms with Crippen molar-refractivity contribution in [3.63, 3.8) is 0 Å². The Hall–Kier alpha value is -4.15. The predicted octanol–water partition coefficient (Wildman–Crippen LogP) is 9.12. The molecule has 2 aromatic carbocycles. The molecule has 278 valence electrons. The fourth-order valence-corrected chi connectivity index (χ4v) is 7.62. The Labute approximate surface area is 300 Å². The molecule has 1 aliphatic heterocycles. The maximum Gasteiger partial charge on any atom is 0.573 e. The van der Waals surface area contributed by atoms with Crippen molar-refractivity contribution < 1.29 is 32.2 Å². The second-order valence-electron chi connectivity index (χ2n) is 13.6. The lowest BCUT2D eigenvalue weighted by Gasteiger charge is -2.49. The topological polar surface area (TPSA) is 83.1 Å². The zero-order valence-corrected chi connectivity index (χ0v) is 30.4.